The summed E-state index contributed by atoms with van der Waals surface area (Å²) in [4.78, 5) is 20.5. The van der Waals surface area contributed by atoms with Gasteiger partial charge in [0.2, 0.25) is 5.91 Å². The Labute approximate surface area is 157 Å². The van der Waals surface area contributed by atoms with Gasteiger partial charge in [-0.1, -0.05) is 33.8 Å². The predicted octanol–water partition coefficient (Wildman–Crippen LogP) is 3.25. The first-order chi connectivity index (χ1) is 12.2. The van der Waals surface area contributed by atoms with E-state index >= 15 is 0 Å². The molecule has 0 aliphatic carbocycles. The Morgan fingerprint density at radius 1 is 1.32 bits per heavy atom. The molecule has 1 aromatic carbocycles. The fraction of sp³-hybridized carbons (Fsp3) is 0.188. The number of benzene rings is 1. The van der Waals surface area contributed by atoms with E-state index in [9.17, 15) is 4.79 Å². The fourth-order valence-electron chi connectivity index (χ4n) is 2.18. The van der Waals surface area contributed by atoms with Crippen LogP contribution in [-0.4, -0.2) is 36.4 Å². The Balaban J connectivity index is 1.67. The zero-order valence-corrected chi connectivity index (χ0v) is 15.8. The molecule has 1 N–H and O–H groups in total. The number of halogens is 1. The first kappa shape index (κ1) is 17.6. The largest absolute Gasteiger partial charge is 0.325 e. The smallest absolute Gasteiger partial charge is 0.234 e. The quantitative estimate of drug-likeness (QED) is 0.618. The summed E-state index contributed by atoms with van der Waals surface area (Å²) in [5, 5.41) is 11.9. The second-order valence-corrected chi connectivity index (χ2v) is 6.85. The second kappa shape index (κ2) is 8.21. The van der Waals surface area contributed by atoms with Crippen LogP contribution in [-0.2, 0) is 11.3 Å². The van der Waals surface area contributed by atoms with E-state index in [0.717, 1.165) is 10.2 Å². The van der Waals surface area contributed by atoms with E-state index in [0.29, 0.717) is 23.2 Å². The van der Waals surface area contributed by atoms with Crippen molar-refractivity contribution in [2.75, 3.05) is 11.1 Å². The van der Waals surface area contributed by atoms with Crippen molar-refractivity contribution < 1.29 is 4.79 Å². The molecule has 1 amide bonds. The molecule has 2 aromatic heterocycles. The lowest BCUT2D eigenvalue weighted by atomic mass is 10.3. The molecule has 25 heavy (non-hydrogen) atoms. The van der Waals surface area contributed by atoms with Crippen LogP contribution in [0.15, 0.2) is 52.5 Å². The number of carbonyl (C=O) groups excluding carboxylic acids is 1. The molecule has 7 nitrogen and oxygen atoms in total. The number of hydrogen-bond acceptors (Lipinski definition) is 6. The van der Waals surface area contributed by atoms with Gasteiger partial charge in [-0.15, -0.1) is 10.2 Å². The van der Waals surface area contributed by atoms with Crippen LogP contribution in [0.3, 0.4) is 0 Å². The van der Waals surface area contributed by atoms with Crippen molar-refractivity contribution in [2.45, 2.75) is 18.6 Å². The van der Waals surface area contributed by atoms with Gasteiger partial charge in [0.1, 0.15) is 5.69 Å². The van der Waals surface area contributed by atoms with Gasteiger partial charge in [0.05, 0.1) is 11.9 Å². The Hall–Kier alpha value is -2.26. The van der Waals surface area contributed by atoms with E-state index < -0.39 is 0 Å². The van der Waals surface area contributed by atoms with Crippen LogP contribution in [0.2, 0.25) is 0 Å². The van der Waals surface area contributed by atoms with Crippen molar-refractivity contribution in [2.24, 2.45) is 0 Å². The maximum absolute atomic E-state index is 12.1. The fourth-order valence-corrected chi connectivity index (χ4v) is 3.38. The standard InChI is InChI=1S/C16H15BrN6OS/c1-2-23-15(13-9-18-6-7-19-13)21-22-16(23)25-10-14(24)20-12-5-3-4-11(17)8-12/h3-9H,2,10H2,1H3,(H,20,24). The lowest BCUT2D eigenvalue weighted by Crippen LogP contribution is -2.14. The van der Waals surface area contributed by atoms with Crippen molar-refractivity contribution in [1.29, 1.82) is 0 Å². The zero-order valence-electron chi connectivity index (χ0n) is 13.4. The average molecular weight is 419 g/mol. The normalized spacial score (nSPS) is 10.6. The van der Waals surface area contributed by atoms with Crippen molar-refractivity contribution >= 4 is 39.3 Å². The van der Waals surface area contributed by atoms with E-state index in [-0.39, 0.29) is 11.7 Å². The number of aromatic nitrogens is 5. The molecule has 0 saturated heterocycles. The average Bonchev–Trinajstić information content (AvgIpc) is 3.03. The summed E-state index contributed by atoms with van der Waals surface area (Å²) in [7, 11) is 0. The third-order valence-electron chi connectivity index (χ3n) is 3.27. The molecule has 0 spiro atoms. The van der Waals surface area contributed by atoms with Crippen molar-refractivity contribution in [3.63, 3.8) is 0 Å². The number of nitrogens with one attached hydrogen (secondary N) is 1. The summed E-state index contributed by atoms with van der Waals surface area (Å²) in [6.07, 6.45) is 4.87. The number of thioether (sulfide) groups is 1. The lowest BCUT2D eigenvalue weighted by molar-refractivity contribution is -0.113. The number of rotatable bonds is 6. The number of nitrogens with zero attached hydrogens (tertiary/aromatic N) is 5. The van der Waals surface area contributed by atoms with Gasteiger partial charge in [0, 0.05) is 29.1 Å². The maximum Gasteiger partial charge on any atom is 0.234 e. The minimum Gasteiger partial charge on any atom is -0.325 e. The van der Waals surface area contributed by atoms with Gasteiger partial charge in [0.15, 0.2) is 11.0 Å². The third kappa shape index (κ3) is 4.43. The monoisotopic (exact) mass is 418 g/mol. The molecular weight excluding hydrogens is 404 g/mol. The molecule has 0 unspecified atom stereocenters. The first-order valence-corrected chi connectivity index (χ1v) is 9.33. The van der Waals surface area contributed by atoms with E-state index in [4.69, 9.17) is 0 Å². The highest BCUT2D eigenvalue weighted by Crippen LogP contribution is 2.22. The Morgan fingerprint density at radius 2 is 2.20 bits per heavy atom. The van der Waals surface area contributed by atoms with Crippen LogP contribution < -0.4 is 5.32 Å². The van der Waals surface area contributed by atoms with Crippen molar-refractivity contribution in [1.82, 2.24) is 24.7 Å². The zero-order chi connectivity index (χ0) is 17.6. The molecule has 0 saturated carbocycles. The topological polar surface area (TPSA) is 85.6 Å². The van der Waals surface area contributed by atoms with Crippen LogP contribution in [0.5, 0.6) is 0 Å². The van der Waals surface area contributed by atoms with Gasteiger partial charge in [-0.2, -0.15) is 0 Å². The van der Waals surface area contributed by atoms with E-state index in [1.54, 1.807) is 18.6 Å². The van der Waals surface area contributed by atoms with Gasteiger partial charge >= 0.3 is 0 Å². The molecule has 128 valence electrons. The van der Waals surface area contributed by atoms with E-state index in [2.05, 4.69) is 41.4 Å². The molecule has 0 aliphatic rings. The number of amides is 1. The highest BCUT2D eigenvalue weighted by Gasteiger charge is 2.15. The molecular formula is C16H15BrN6OS. The summed E-state index contributed by atoms with van der Waals surface area (Å²) in [6.45, 7) is 2.67. The SMILES string of the molecule is CCn1c(SCC(=O)Nc2cccc(Br)c2)nnc1-c1cnccn1. The highest BCUT2D eigenvalue weighted by atomic mass is 79.9. The molecule has 0 fully saturated rings. The summed E-state index contributed by atoms with van der Waals surface area (Å²) in [5.74, 6) is 0.783. The molecule has 0 aliphatic heterocycles. The number of carbonyl (C=O) groups is 1. The Kier molecular flexibility index (Phi) is 5.77. The van der Waals surface area contributed by atoms with Gasteiger partial charge in [0.25, 0.3) is 0 Å². The van der Waals surface area contributed by atoms with Crippen LogP contribution >= 0.6 is 27.7 Å². The Bertz CT molecular complexity index is 870. The predicted molar refractivity (Wildman–Crippen MR) is 100 cm³/mol. The number of anilines is 1. The highest BCUT2D eigenvalue weighted by molar-refractivity contribution is 9.10. The van der Waals surface area contributed by atoms with Crippen LogP contribution in [0.1, 0.15) is 6.92 Å². The van der Waals surface area contributed by atoms with Gasteiger partial charge in [-0.3, -0.25) is 9.78 Å². The van der Waals surface area contributed by atoms with Crippen LogP contribution in [0.4, 0.5) is 5.69 Å². The minimum absolute atomic E-state index is 0.102. The van der Waals surface area contributed by atoms with Gasteiger partial charge in [-0.25, -0.2) is 4.98 Å². The minimum atomic E-state index is -0.102. The van der Waals surface area contributed by atoms with E-state index in [1.807, 2.05) is 35.8 Å². The molecule has 0 bridgehead atoms. The lowest BCUT2D eigenvalue weighted by Gasteiger charge is -2.07. The third-order valence-corrected chi connectivity index (χ3v) is 4.73. The molecule has 9 heteroatoms. The second-order valence-electron chi connectivity index (χ2n) is 4.99. The summed E-state index contributed by atoms with van der Waals surface area (Å²) >= 11 is 4.72. The van der Waals surface area contributed by atoms with Crippen LogP contribution in [0.25, 0.3) is 11.5 Å². The maximum atomic E-state index is 12.1. The molecule has 3 aromatic rings. The molecule has 3 rings (SSSR count). The Morgan fingerprint density at radius 3 is 2.92 bits per heavy atom. The van der Waals surface area contributed by atoms with Gasteiger partial charge in [-0.05, 0) is 25.1 Å². The summed E-state index contributed by atoms with van der Waals surface area (Å²) < 4.78 is 2.83. The summed E-state index contributed by atoms with van der Waals surface area (Å²) in [6, 6.07) is 7.47. The number of hydrogen-bond donors (Lipinski definition) is 1. The van der Waals surface area contributed by atoms with E-state index in [1.165, 1.54) is 11.8 Å². The molecule has 0 radical (unpaired) electrons. The van der Waals surface area contributed by atoms with Crippen LogP contribution in [0, 0.1) is 0 Å². The first-order valence-electron chi connectivity index (χ1n) is 7.55. The molecule has 0 atom stereocenters. The van der Waals surface area contributed by atoms with Gasteiger partial charge < -0.3 is 9.88 Å². The van der Waals surface area contributed by atoms with Crippen molar-refractivity contribution in [3.05, 3.63) is 47.3 Å². The molecule has 2 heterocycles. The summed E-state index contributed by atoms with van der Waals surface area (Å²) in [5.41, 5.74) is 1.40. The van der Waals surface area contributed by atoms with Crippen molar-refractivity contribution in [3.8, 4) is 11.5 Å².